The van der Waals surface area contributed by atoms with E-state index in [1.54, 1.807) is 24.3 Å². The van der Waals surface area contributed by atoms with Gasteiger partial charge < -0.3 is 11.1 Å². The molecule has 2 rings (SSSR count). The number of benzene rings is 1. The highest BCUT2D eigenvalue weighted by atomic mass is 19.4. The molecule has 3 N–H and O–H groups in total. The van der Waals surface area contributed by atoms with Gasteiger partial charge in [-0.15, -0.1) is 0 Å². The molecule has 0 aromatic heterocycles. The molecule has 1 aromatic carbocycles. The van der Waals surface area contributed by atoms with Crippen molar-refractivity contribution in [3.63, 3.8) is 0 Å². The van der Waals surface area contributed by atoms with Gasteiger partial charge in [-0.25, -0.2) is 0 Å². The zero-order valence-electron chi connectivity index (χ0n) is 10.9. The van der Waals surface area contributed by atoms with E-state index in [1.165, 1.54) is 0 Å². The fraction of sp³-hybridized carbons (Fsp3) is 0.500. The lowest BCUT2D eigenvalue weighted by atomic mass is 9.81. The van der Waals surface area contributed by atoms with E-state index in [2.05, 4.69) is 5.32 Å². The van der Waals surface area contributed by atoms with Crippen molar-refractivity contribution < 1.29 is 18.0 Å². The maximum absolute atomic E-state index is 12.6. The second kappa shape index (κ2) is 5.73. The third kappa shape index (κ3) is 3.43. The van der Waals surface area contributed by atoms with Crippen LogP contribution in [0.25, 0.3) is 0 Å². The SMILES string of the molecule is Nc1ccccc1NC(=O)C1CCC(C(F)(F)F)CC1. The number of hydrogen-bond donors (Lipinski definition) is 2. The number of para-hydroxylation sites is 2. The van der Waals surface area contributed by atoms with Crippen LogP contribution in [-0.2, 0) is 4.79 Å². The van der Waals surface area contributed by atoms with E-state index < -0.39 is 12.1 Å². The lowest BCUT2D eigenvalue weighted by molar-refractivity contribution is -0.184. The number of nitrogens with one attached hydrogen (secondary N) is 1. The van der Waals surface area contributed by atoms with Gasteiger partial charge in [0, 0.05) is 5.92 Å². The minimum absolute atomic E-state index is 0.0197. The first-order valence-electron chi connectivity index (χ1n) is 6.60. The predicted octanol–water partition coefficient (Wildman–Crippen LogP) is 3.58. The van der Waals surface area contributed by atoms with Crippen molar-refractivity contribution in [1.82, 2.24) is 0 Å². The molecule has 0 radical (unpaired) electrons. The number of carbonyl (C=O) groups is 1. The van der Waals surface area contributed by atoms with Crippen LogP contribution in [0.4, 0.5) is 24.5 Å². The third-order valence-electron chi connectivity index (χ3n) is 3.78. The maximum Gasteiger partial charge on any atom is 0.391 e. The number of amides is 1. The van der Waals surface area contributed by atoms with E-state index in [1.807, 2.05) is 0 Å². The summed E-state index contributed by atoms with van der Waals surface area (Å²) in [6, 6.07) is 6.83. The average molecular weight is 286 g/mol. The molecule has 20 heavy (non-hydrogen) atoms. The van der Waals surface area contributed by atoms with Gasteiger partial charge in [-0.1, -0.05) is 12.1 Å². The Morgan fingerprint density at radius 1 is 1.15 bits per heavy atom. The Labute approximate surface area is 115 Å². The molecule has 1 saturated carbocycles. The van der Waals surface area contributed by atoms with Gasteiger partial charge in [-0.3, -0.25) is 4.79 Å². The van der Waals surface area contributed by atoms with Crippen LogP contribution in [0.2, 0.25) is 0 Å². The first-order chi connectivity index (χ1) is 9.38. The van der Waals surface area contributed by atoms with Crippen molar-refractivity contribution in [2.75, 3.05) is 11.1 Å². The molecule has 0 aliphatic heterocycles. The van der Waals surface area contributed by atoms with E-state index in [0.717, 1.165) is 0 Å². The molecule has 1 aliphatic rings. The highest BCUT2D eigenvalue weighted by Crippen LogP contribution is 2.39. The van der Waals surface area contributed by atoms with E-state index in [9.17, 15) is 18.0 Å². The first-order valence-corrected chi connectivity index (χ1v) is 6.60. The van der Waals surface area contributed by atoms with Crippen LogP contribution in [0, 0.1) is 11.8 Å². The Kier molecular flexibility index (Phi) is 4.20. The lowest BCUT2D eigenvalue weighted by Gasteiger charge is -2.29. The van der Waals surface area contributed by atoms with E-state index >= 15 is 0 Å². The third-order valence-corrected chi connectivity index (χ3v) is 3.78. The highest BCUT2D eigenvalue weighted by molar-refractivity contribution is 5.95. The first kappa shape index (κ1) is 14.7. The number of hydrogen-bond acceptors (Lipinski definition) is 2. The number of alkyl halides is 3. The standard InChI is InChI=1S/C14H17F3N2O/c15-14(16,17)10-7-5-9(6-8-10)13(20)19-12-4-2-1-3-11(12)18/h1-4,9-10H,5-8,18H2,(H,19,20). The molecule has 0 bridgehead atoms. The van der Waals surface area contributed by atoms with Gasteiger partial charge in [0.15, 0.2) is 0 Å². The minimum atomic E-state index is -4.15. The zero-order chi connectivity index (χ0) is 14.8. The van der Waals surface area contributed by atoms with Gasteiger partial charge in [0.1, 0.15) is 0 Å². The number of carbonyl (C=O) groups excluding carboxylic acids is 1. The van der Waals surface area contributed by atoms with Crippen LogP contribution < -0.4 is 11.1 Å². The summed E-state index contributed by atoms with van der Waals surface area (Å²) < 4.78 is 37.7. The summed E-state index contributed by atoms with van der Waals surface area (Å²) in [7, 11) is 0. The van der Waals surface area contributed by atoms with Crippen LogP contribution in [0.1, 0.15) is 25.7 Å². The fourth-order valence-electron chi connectivity index (χ4n) is 2.53. The fourth-order valence-corrected chi connectivity index (χ4v) is 2.53. The van der Waals surface area contributed by atoms with Crippen molar-refractivity contribution >= 4 is 17.3 Å². The van der Waals surface area contributed by atoms with Crippen molar-refractivity contribution in [3.8, 4) is 0 Å². The minimum Gasteiger partial charge on any atom is -0.397 e. The zero-order valence-corrected chi connectivity index (χ0v) is 10.9. The molecule has 1 aromatic rings. The molecule has 3 nitrogen and oxygen atoms in total. The van der Waals surface area contributed by atoms with Crippen LogP contribution in [0.3, 0.4) is 0 Å². The summed E-state index contributed by atoms with van der Waals surface area (Å²) in [5.41, 5.74) is 6.67. The number of nitrogen functional groups attached to an aromatic ring is 1. The van der Waals surface area contributed by atoms with Crippen LogP contribution in [-0.4, -0.2) is 12.1 Å². The molecule has 0 heterocycles. The van der Waals surface area contributed by atoms with Gasteiger partial charge in [0.25, 0.3) is 0 Å². The van der Waals surface area contributed by atoms with Gasteiger partial charge in [-0.2, -0.15) is 13.2 Å². The molecule has 0 atom stereocenters. The van der Waals surface area contributed by atoms with Gasteiger partial charge >= 0.3 is 6.18 Å². The summed E-state index contributed by atoms with van der Waals surface area (Å²) in [6.07, 6.45) is -3.57. The Bertz CT molecular complexity index is 480. The van der Waals surface area contributed by atoms with E-state index in [4.69, 9.17) is 5.73 Å². The predicted molar refractivity (Wildman–Crippen MR) is 71.0 cm³/mol. The van der Waals surface area contributed by atoms with Crippen LogP contribution in [0.5, 0.6) is 0 Å². The second-order valence-corrected chi connectivity index (χ2v) is 5.17. The lowest BCUT2D eigenvalue weighted by Crippen LogP contribution is -2.32. The Hall–Kier alpha value is -1.72. The summed E-state index contributed by atoms with van der Waals surface area (Å²) in [6.45, 7) is 0. The molecular formula is C14H17F3N2O. The summed E-state index contributed by atoms with van der Waals surface area (Å²) in [5, 5.41) is 2.69. The molecular weight excluding hydrogens is 269 g/mol. The quantitative estimate of drug-likeness (QED) is 0.816. The summed E-state index contributed by atoms with van der Waals surface area (Å²) in [4.78, 5) is 12.0. The number of nitrogens with two attached hydrogens (primary N) is 1. The Morgan fingerprint density at radius 3 is 2.30 bits per heavy atom. The van der Waals surface area contributed by atoms with E-state index in [0.29, 0.717) is 11.4 Å². The summed E-state index contributed by atoms with van der Waals surface area (Å²) >= 11 is 0. The van der Waals surface area contributed by atoms with Gasteiger partial charge in [0.2, 0.25) is 5.91 Å². The highest BCUT2D eigenvalue weighted by Gasteiger charge is 2.42. The number of halogens is 3. The van der Waals surface area contributed by atoms with Crippen molar-refractivity contribution in [1.29, 1.82) is 0 Å². The number of rotatable bonds is 2. The van der Waals surface area contributed by atoms with Crippen molar-refractivity contribution in [3.05, 3.63) is 24.3 Å². The van der Waals surface area contributed by atoms with Gasteiger partial charge in [0.05, 0.1) is 17.3 Å². The Balaban J connectivity index is 1.91. The molecule has 1 amide bonds. The maximum atomic E-state index is 12.6. The molecule has 6 heteroatoms. The van der Waals surface area contributed by atoms with Crippen LogP contribution >= 0.6 is 0 Å². The normalized spacial score (nSPS) is 23.4. The van der Waals surface area contributed by atoms with Crippen LogP contribution in [0.15, 0.2) is 24.3 Å². The topological polar surface area (TPSA) is 55.1 Å². The Morgan fingerprint density at radius 2 is 1.75 bits per heavy atom. The molecule has 0 spiro atoms. The summed E-state index contributed by atoms with van der Waals surface area (Å²) in [5.74, 6) is -1.88. The smallest absolute Gasteiger partial charge is 0.391 e. The monoisotopic (exact) mass is 286 g/mol. The largest absolute Gasteiger partial charge is 0.397 e. The molecule has 0 saturated heterocycles. The molecule has 110 valence electrons. The average Bonchev–Trinajstić information content (AvgIpc) is 2.40. The van der Waals surface area contributed by atoms with Gasteiger partial charge in [-0.05, 0) is 37.8 Å². The number of anilines is 2. The molecule has 1 fully saturated rings. The van der Waals surface area contributed by atoms with E-state index in [-0.39, 0.29) is 37.5 Å². The molecule has 1 aliphatic carbocycles. The second-order valence-electron chi connectivity index (χ2n) is 5.17. The van der Waals surface area contributed by atoms with Crippen molar-refractivity contribution in [2.24, 2.45) is 11.8 Å². The van der Waals surface area contributed by atoms with Crippen molar-refractivity contribution in [2.45, 2.75) is 31.9 Å². The molecule has 0 unspecified atom stereocenters.